The highest BCUT2D eigenvalue weighted by molar-refractivity contribution is 5.88. The molecule has 4 atom stereocenters. The second-order valence-electron chi connectivity index (χ2n) is 17.8. The van der Waals surface area contributed by atoms with E-state index in [9.17, 15) is 19.2 Å². The van der Waals surface area contributed by atoms with Crippen molar-refractivity contribution in [2.45, 2.75) is 95.0 Å². The Hall–Kier alpha value is -6.78. The number of halogens is 2. The number of hydrogen-bond donors (Lipinski definition) is 4. The molecule has 3 saturated heterocycles. The van der Waals surface area contributed by atoms with Crippen molar-refractivity contribution >= 4 is 29.7 Å². The Morgan fingerprint density at radius 3 is 1.74 bits per heavy atom. The Morgan fingerprint density at radius 2 is 1.22 bits per heavy atom. The van der Waals surface area contributed by atoms with Gasteiger partial charge in [0.15, 0.2) is 0 Å². The molecule has 3 aliphatic heterocycles. The first-order valence-corrected chi connectivity index (χ1v) is 22.2. The van der Waals surface area contributed by atoms with Crippen molar-refractivity contribution in [1.29, 1.82) is 0 Å². The summed E-state index contributed by atoms with van der Waals surface area (Å²) in [4.78, 5) is 74.3. The first-order valence-electron chi connectivity index (χ1n) is 22.2. The van der Waals surface area contributed by atoms with Gasteiger partial charge in [-0.1, -0.05) is 60.7 Å². The van der Waals surface area contributed by atoms with Crippen molar-refractivity contribution in [3.63, 3.8) is 0 Å². The number of imidazole rings is 2. The number of benzene rings is 3. The number of amides is 4. The minimum Gasteiger partial charge on any atom is -0.453 e. The van der Waals surface area contributed by atoms with Crippen molar-refractivity contribution in [3.05, 3.63) is 125 Å². The van der Waals surface area contributed by atoms with Gasteiger partial charge in [0.05, 0.1) is 31.1 Å². The van der Waals surface area contributed by atoms with Crippen LogP contribution in [-0.2, 0) is 19.1 Å². The van der Waals surface area contributed by atoms with Crippen molar-refractivity contribution in [2.75, 3.05) is 38.2 Å². The predicted molar refractivity (Wildman–Crippen MR) is 237 cm³/mol. The molecule has 15 nitrogen and oxygen atoms in total. The highest BCUT2D eigenvalue weighted by Crippen LogP contribution is 2.39. The molecule has 5 heterocycles. The highest BCUT2D eigenvalue weighted by atomic mass is 19.1. The van der Waals surface area contributed by atoms with Crippen LogP contribution >= 0.6 is 0 Å². The van der Waals surface area contributed by atoms with Gasteiger partial charge in [-0.15, -0.1) is 0 Å². The molecule has 0 saturated carbocycles. The summed E-state index contributed by atoms with van der Waals surface area (Å²) in [6, 6.07) is 17.9. The maximum atomic E-state index is 16.0. The lowest BCUT2D eigenvalue weighted by atomic mass is 9.93. The number of likely N-dealkylation sites (tertiary alicyclic amines) is 2. The number of aromatic nitrogens is 4. The molecular weight excluding hydrogens is 837 g/mol. The van der Waals surface area contributed by atoms with Crippen molar-refractivity contribution in [1.82, 2.24) is 40.4 Å². The summed E-state index contributed by atoms with van der Waals surface area (Å²) in [5.41, 5.74) is 1.97. The summed E-state index contributed by atoms with van der Waals surface area (Å²) in [5.74, 6) is -0.781. The number of H-pyrrole nitrogens is 2. The molecule has 0 spiro atoms. The minimum atomic E-state index is -1.00. The summed E-state index contributed by atoms with van der Waals surface area (Å²) in [5, 5.41) is 5.44. The molecule has 342 valence electrons. The van der Waals surface area contributed by atoms with Crippen LogP contribution in [-0.4, -0.2) is 92.6 Å². The van der Waals surface area contributed by atoms with E-state index in [1.165, 1.54) is 25.4 Å². The standard InChI is InChI=1S/C48H55F2N9O6/c1-48(2,3)65-47(63)56-40(31-15-9-6-10-16-31)45(61)59-22-12-18-38(59)43-52-28-36(54-43)32-25-33(49)41(34(50)26-32)57-23-19-29(20-24-57)35-27-51-42(53-35)37-17-11-21-58(37)44(60)39(55-46(62)64-4)30-13-7-5-8-14-30/h5-10,13-16,25-29,37-40H,11-12,17-24H2,1-4H3,(H,51,53)(H,52,54)(H,55,62)(H,56,63)/t37-,38-,39+,40+/m0/s1. The fraction of sp³-hybridized carbons (Fsp3) is 0.417. The SMILES string of the molecule is COC(=O)N[C@@H](C(=O)N1CCC[C@H]1c1ncc(C2CCN(c3c(F)cc(-c4cnc([C@@H]5CCCN5C(=O)[C@H](NC(=O)OC(C)(C)C)c5ccccc5)[nH]4)cc3F)CC2)[nH]1)c1ccccc1. The Morgan fingerprint density at radius 1 is 0.708 bits per heavy atom. The Balaban J connectivity index is 0.912. The zero-order chi connectivity index (χ0) is 45.8. The van der Waals surface area contributed by atoms with E-state index in [1.54, 1.807) is 78.1 Å². The largest absolute Gasteiger partial charge is 0.453 e. The fourth-order valence-corrected chi connectivity index (χ4v) is 9.25. The number of anilines is 1. The van der Waals surface area contributed by atoms with Crippen LogP contribution in [0.1, 0.15) is 118 Å². The molecule has 8 rings (SSSR count). The van der Waals surface area contributed by atoms with Crippen molar-refractivity contribution in [3.8, 4) is 11.3 Å². The highest BCUT2D eigenvalue weighted by Gasteiger charge is 2.39. The Kier molecular flexibility index (Phi) is 13.2. The van der Waals surface area contributed by atoms with Gasteiger partial charge in [0, 0.05) is 49.6 Å². The third-order valence-corrected chi connectivity index (χ3v) is 12.4. The van der Waals surface area contributed by atoms with E-state index in [1.807, 2.05) is 24.3 Å². The van der Waals surface area contributed by atoms with Crippen LogP contribution in [0, 0.1) is 11.6 Å². The van der Waals surface area contributed by atoms with Gasteiger partial charge in [-0.2, -0.15) is 0 Å². The number of aromatic amines is 2. The molecule has 4 amide bonds. The average Bonchev–Trinajstić information content (AvgIpc) is 4.14. The fourth-order valence-electron chi connectivity index (χ4n) is 9.25. The van der Waals surface area contributed by atoms with Gasteiger partial charge >= 0.3 is 12.2 Å². The van der Waals surface area contributed by atoms with Crippen LogP contribution in [0.15, 0.2) is 85.2 Å². The lowest BCUT2D eigenvalue weighted by Crippen LogP contribution is -2.44. The maximum Gasteiger partial charge on any atom is 0.408 e. The third kappa shape index (κ3) is 9.98. The maximum absolute atomic E-state index is 16.0. The number of methoxy groups -OCH3 is 1. The van der Waals surface area contributed by atoms with Crippen LogP contribution in [0.25, 0.3) is 11.3 Å². The zero-order valence-corrected chi connectivity index (χ0v) is 37.0. The van der Waals surface area contributed by atoms with E-state index in [2.05, 4.69) is 25.6 Å². The molecule has 3 aromatic carbocycles. The van der Waals surface area contributed by atoms with Crippen molar-refractivity contribution < 1.29 is 37.4 Å². The molecule has 0 bridgehead atoms. The van der Waals surface area contributed by atoms with Crippen LogP contribution in [0.2, 0.25) is 0 Å². The minimum absolute atomic E-state index is 0.0584. The number of rotatable bonds is 11. The summed E-state index contributed by atoms with van der Waals surface area (Å²) in [6.45, 7) is 7.00. The number of alkyl carbamates (subject to hydrolysis) is 2. The lowest BCUT2D eigenvalue weighted by molar-refractivity contribution is -0.135. The smallest absolute Gasteiger partial charge is 0.408 e. The number of ether oxygens (including phenoxy) is 2. The van der Waals surface area contributed by atoms with E-state index in [0.29, 0.717) is 86.8 Å². The number of carbonyl (C=O) groups excluding carboxylic acids is 4. The van der Waals surface area contributed by atoms with Gasteiger partial charge in [0.25, 0.3) is 11.8 Å². The molecule has 17 heteroatoms. The molecule has 0 radical (unpaired) electrons. The van der Waals surface area contributed by atoms with E-state index in [-0.39, 0.29) is 35.0 Å². The number of piperidine rings is 1. The van der Waals surface area contributed by atoms with Crippen molar-refractivity contribution in [2.24, 2.45) is 0 Å². The van der Waals surface area contributed by atoms with E-state index in [0.717, 1.165) is 12.1 Å². The number of nitrogens with one attached hydrogen (secondary N) is 4. The van der Waals surface area contributed by atoms with E-state index < -0.39 is 47.5 Å². The van der Waals surface area contributed by atoms with Gasteiger partial charge in [-0.3, -0.25) is 9.59 Å². The van der Waals surface area contributed by atoms with Gasteiger partial charge in [-0.05, 0) is 82.6 Å². The predicted octanol–water partition coefficient (Wildman–Crippen LogP) is 8.15. The van der Waals surface area contributed by atoms with Gasteiger partial charge in [0.2, 0.25) is 0 Å². The molecule has 4 N–H and O–H groups in total. The Bertz CT molecular complexity index is 2460. The average molecular weight is 892 g/mol. The van der Waals surface area contributed by atoms with Gasteiger partial charge < -0.3 is 44.8 Å². The molecule has 3 aliphatic rings. The van der Waals surface area contributed by atoms with Crippen LogP contribution in [0.4, 0.5) is 24.1 Å². The number of hydrogen-bond acceptors (Lipinski definition) is 9. The molecule has 65 heavy (non-hydrogen) atoms. The summed E-state index contributed by atoms with van der Waals surface area (Å²) < 4.78 is 42.2. The normalized spacial score (nSPS) is 18.9. The lowest BCUT2D eigenvalue weighted by Gasteiger charge is -2.33. The van der Waals surface area contributed by atoms with E-state index in [4.69, 9.17) is 14.5 Å². The Labute approximate surface area is 376 Å². The van der Waals surface area contributed by atoms with E-state index >= 15 is 8.78 Å². The molecule has 5 aromatic rings. The monoisotopic (exact) mass is 891 g/mol. The van der Waals surface area contributed by atoms with Gasteiger partial charge in [0.1, 0.15) is 46.7 Å². The second-order valence-corrected chi connectivity index (χ2v) is 17.8. The first kappa shape index (κ1) is 44.8. The van der Waals surface area contributed by atoms with Crippen LogP contribution < -0.4 is 15.5 Å². The first-order chi connectivity index (χ1) is 31.3. The summed E-state index contributed by atoms with van der Waals surface area (Å²) in [6.07, 6.45) is 5.90. The molecule has 0 aliphatic carbocycles. The quantitative estimate of drug-likeness (QED) is 0.102. The summed E-state index contributed by atoms with van der Waals surface area (Å²) >= 11 is 0. The van der Waals surface area contributed by atoms with Crippen LogP contribution in [0.5, 0.6) is 0 Å². The van der Waals surface area contributed by atoms with Crippen LogP contribution in [0.3, 0.4) is 0 Å². The molecule has 2 aromatic heterocycles. The second kappa shape index (κ2) is 19.1. The topological polar surface area (TPSA) is 178 Å². The summed E-state index contributed by atoms with van der Waals surface area (Å²) in [7, 11) is 1.26. The number of carbonyl (C=O) groups is 4. The zero-order valence-electron chi connectivity index (χ0n) is 37.0. The molecular formula is C48H55F2N9O6. The molecule has 0 unspecified atom stereocenters. The molecule has 3 fully saturated rings. The third-order valence-electron chi connectivity index (χ3n) is 12.4. The number of nitrogens with zero attached hydrogens (tertiary/aromatic N) is 5. The van der Waals surface area contributed by atoms with Gasteiger partial charge in [-0.25, -0.2) is 28.3 Å².